The Labute approximate surface area is 251 Å². The Morgan fingerprint density at radius 1 is 0.977 bits per heavy atom. The van der Waals surface area contributed by atoms with Crippen molar-refractivity contribution in [3.05, 3.63) is 95.8 Å². The predicted octanol–water partition coefficient (Wildman–Crippen LogP) is 4.41. The molecule has 0 radical (unpaired) electrons. The van der Waals surface area contributed by atoms with Gasteiger partial charge in [0.05, 0.1) is 23.9 Å². The number of benzene rings is 3. The second-order valence-corrected chi connectivity index (χ2v) is 11.9. The van der Waals surface area contributed by atoms with Crippen molar-refractivity contribution in [1.82, 2.24) is 9.62 Å². The first-order chi connectivity index (χ1) is 20.5. The fourth-order valence-electron chi connectivity index (χ4n) is 4.45. The van der Waals surface area contributed by atoms with E-state index in [0.29, 0.717) is 21.8 Å². The average molecular weight is 613 g/mol. The van der Waals surface area contributed by atoms with Crippen LogP contribution in [0.1, 0.15) is 31.9 Å². The molecule has 0 saturated carbocycles. The van der Waals surface area contributed by atoms with Gasteiger partial charge < -0.3 is 24.6 Å². The summed E-state index contributed by atoms with van der Waals surface area (Å²) in [6, 6.07) is 20.4. The Morgan fingerprint density at radius 3 is 2.33 bits per heavy atom. The summed E-state index contributed by atoms with van der Waals surface area (Å²) < 4.78 is 45.6. The molecule has 1 fully saturated rings. The zero-order valence-corrected chi connectivity index (χ0v) is 24.7. The van der Waals surface area contributed by atoms with E-state index >= 15 is 0 Å². The molecule has 3 aromatic rings. The highest BCUT2D eigenvalue weighted by atomic mass is 32.2. The van der Waals surface area contributed by atoms with Gasteiger partial charge in [-0.1, -0.05) is 56.3 Å². The Bertz CT molecular complexity index is 1480. The zero-order valence-electron chi connectivity index (χ0n) is 23.9. The lowest BCUT2D eigenvalue weighted by molar-refractivity contribution is -0.169. The topological polar surface area (TPSA) is 131 Å². The Kier molecular flexibility index (Phi) is 10.1. The number of ether oxygens (including phenoxy) is 3. The van der Waals surface area contributed by atoms with E-state index in [1.54, 1.807) is 66.7 Å². The number of carboxylic acids is 1. The van der Waals surface area contributed by atoms with E-state index in [2.05, 4.69) is 5.32 Å². The van der Waals surface area contributed by atoms with E-state index in [1.807, 2.05) is 18.2 Å². The number of alkyl carbamates (subject to hydrolysis) is 1. The number of halogens is 1. The summed E-state index contributed by atoms with van der Waals surface area (Å²) in [6.45, 7) is 5.02. The molecule has 43 heavy (non-hydrogen) atoms. The number of para-hydroxylation sites is 1. The van der Waals surface area contributed by atoms with Crippen molar-refractivity contribution in [2.24, 2.45) is 5.92 Å². The second kappa shape index (κ2) is 13.8. The number of amides is 1. The second-order valence-electron chi connectivity index (χ2n) is 10.4. The molecule has 2 N–H and O–H groups in total. The summed E-state index contributed by atoms with van der Waals surface area (Å²) in [5, 5.41) is 12.0. The minimum atomic E-state index is -1.64. The summed E-state index contributed by atoms with van der Waals surface area (Å²) in [5.41, 5.74) is 0.208. The van der Waals surface area contributed by atoms with Crippen LogP contribution in [0.3, 0.4) is 0 Å². The highest BCUT2D eigenvalue weighted by molar-refractivity contribution is 7.82. The van der Waals surface area contributed by atoms with E-state index in [4.69, 9.17) is 14.2 Å². The average Bonchev–Trinajstić information content (AvgIpc) is 2.94. The Morgan fingerprint density at radius 2 is 1.67 bits per heavy atom. The van der Waals surface area contributed by atoms with Gasteiger partial charge in [0.2, 0.25) is 6.29 Å². The smallest absolute Gasteiger partial charge is 0.410 e. The predicted molar refractivity (Wildman–Crippen MR) is 155 cm³/mol. The molecule has 12 heteroatoms. The van der Waals surface area contributed by atoms with Gasteiger partial charge in [-0.25, -0.2) is 22.5 Å². The Balaban J connectivity index is 1.42. The summed E-state index contributed by atoms with van der Waals surface area (Å²) in [4.78, 5) is 36.3. The SMILES string of the molecule is CC(OC(=O)NC(Cc1cccc(S(=O)N2CC(Oc3ccccc3)(c3cccc(F)c3)C2)c1)C(=O)O)OC(=O)C(C)C. The summed E-state index contributed by atoms with van der Waals surface area (Å²) in [7, 11) is -1.64. The van der Waals surface area contributed by atoms with Gasteiger partial charge in [0.15, 0.2) is 5.60 Å². The molecule has 3 aromatic carbocycles. The van der Waals surface area contributed by atoms with Crippen LogP contribution < -0.4 is 10.1 Å². The molecule has 4 rings (SSSR count). The van der Waals surface area contributed by atoms with Crippen molar-refractivity contribution >= 4 is 29.0 Å². The van der Waals surface area contributed by atoms with Gasteiger partial charge in [-0.05, 0) is 42.0 Å². The molecule has 0 spiro atoms. The van der Waals surface area contributed by atoms with Gasteiger partial charge in [-0.3, -0.25) is 4.79 Å². The van der Waals surface area contributed by atoms with Crippen molar-refractivity contribution in [2.75, 3.05) is 13.1 Å². The molecule has 1 saturated heterocycles. The van der Waals surface area contributed by atoms with E-state index in [1.165, 1.54) is 19.1 Å². The number of carbonyl (C=O) groups excluding carboxylic acids is 2. The summed E-state index contributed by atoms with van der Waals surface area (Å²) in [6.07, 6.45) is -2.40. The van der Waals surface area contributed by atoms with Crippen molar-refractivity contribution in [2.45, 2.75) is 50.0 Å². The minimum Gasteiger partial charge on any atom is -0.480 e. The molecule has 0 aromatic heterocycles. The zero-order chi connectivity index (χ0) is 31.1. The monoisotopic (exact) mass is 612 g/mol. The molecule has 1 amide bonds. The molecule has 0 aliphatic carbocycles. The van der Waals surface area contributed by atoms with Crippen LogP contribution in [0.4, 0.5) is 9.18 Å². The van der Waals surface area contributed by atoms with Crippen LogP contribution in [0.5, 0.6) is 5.75 Å². The maximum Gasteiger partial charge on any atom is 0.410 e. The third-order valence-corrected chi connectivity index (χ3v) is 8.05. The van der Waals surface area contributed by atoms with Crippen molar-refractivity contribution in [1.29, 1.82) is 0 Å². The van der Waals surface area contributed by atoms with Gasteiger partial charge in [-0.15, -0.1) is 0 Å². The molecular weight excluding hydrogens is 579 g/mol. The van der Waals surface area contributed by atoms with E-state index < -0.39 is 58.7 Å². The van der Waals surface area contributed by atoms with Crippen LogP contribution in [0.2, 0.25) is 0 Å². The van der Waals surface area contributed by atoms with Gasteiger partial charge in [0.1, 0.15) is 28.6 Å². The van der Waals surface area contributed by atoms with Crippen molar-refractivity contribution < 1.29 is 42.3 Å². The molecule has 1 aliphatic rings. The van der Waals surface area contributed by atoms with Gasteiger partial charge >= 0.3 is 18.0 Å². The number of rotatable bonds is 12. The summed E-state index contributed by atoms with van der Waals surface area (Å²) >= 11 is 0. The Hall–Kier alpha value is -4.29. The van der Waals surface area contributed by atoms with Crippen molar-refractivity contribution in [3.8, 4) is 5.75 Å². The highest BCUT2D eigenvalue weighted by Gasteiger charge is 2.49. The van der Waals surface area contributed by atoms with E-state index in [-0.39, 0.29) is 19.5 Å². The number of carbonyl (C=O) groups is 3. The quantitative estimate of drug-likeness (QED) is 0.227. The van der Waals surface area contributed by atoms with E-state index in [0.717, 1.165) is 0 Å². The molecule has 1 aliphatic heterocycles. The molecule has 10 nitrogen and oxygen atoms in total. The number of nitrogens with zero attached hydrogens (tertiary/aromatic N) is 1. The standard InChI is InChI=1S/C31H33FN2O8S/c1-20(2)29(37)40-21(3)41-30(38)33-27(28(35)36)16-22-9-7-14-26(15-22)43(39)34-18-31(19-34,23-10-8-11-24(32)17-23)42-25-12-5-4-6-13-25/h4-15,17,20-21,27H,16,18-19H2,1-3H3,(H,33,38)(H,35,36). The lowest BCUT2D eigenvalue weighted by Crippen LogP contribution is -2.62. The fraction of sp³-hybridized carbons (Fsp3) is 0.323. The van der Waals surface area contributed by atoms with Gasteiger partial charge in [0.25, 0.3) is 0 Å². The van der Waals surface area contributed by atoms with E-state index in [9.17, 15) is 28.1 Å². The molecule has 3 unspecified atom stereocenters. The summed E-state index contributed by atoms with van der Waals surface area (Å²) in [5.74, 6) is -2.11. The lowest BCUT2D eigenvalue weighted by Gasteiger charge is -2.48. The highest BCUT2D eigenvalue weighted by Crippen LogP contribution is 2.39. The molecular formula is C31H33FN2O8S. The first-order valence-corrected chi connectivity index (χ1v) is 14.7. The number of esters is 1. The minimum absolute atomic E-state index is 0.125. The maximum atomic E-state index is 14.1. The van der Waals surface area contributed by atoms with Crippen LogP contribution in [0.25, 0.3) is 0 Å². The number of aliphatic carboxylic acids is 1. The molecule has 228 valence electrons. The number of hydrogen-bond donors (Lipinski definition) is 2. The van der Waals surface area contributed by atoms with Crippen LogP contribution >= 0.6 is 0 Å². The van der Waals surface area contributed by atoms with Crippen LogP contribution in [-0.4, -0.2) is 57.1 Å². The largest absolute Gasteiger partial charge is 0.480 e. The fourth-order valence-corrected chi connectivity index (χ4v) is 5.85. The molecule has 0 bridgehead atoms. The van der Waals surface area contributed by atoms with Crippen LogP contribution in [0, 0.1) is 11.7 Å². The first kappa shape index (κ1) is 31.6. The first-order valence-electron chi connectivity index (χ1n) is 13.6. The van der Waals surface area contributed by atoms with Crippen LogP contribution in [-0.2, 0) is 42.1 Å². The van der Waals surface area contributed by atoms with Crippen LogP contribution in [0.15, 0.2) is 83.8 Å². The lowest BCUT2D eigenvalue weighted by atomic mass is 9.87. The van der Waals surface area contributed by atoms with Gasteiger partial charge in [-0.2, -0.15) is 0 Å². The normalized spacial score (nSPS) is 16.3. The number of carboxylic acid groups (broad SMARTS) is 1. The van der Waals surface area contributed by atoms with Gasteiger partial charge in [0, 0.05) is 18.9 Å². The molecule has 1 heterocycles. The number of nitrogens with one attached hydrogen (secondary N) is 1. The van der Waals surface area contributed by atoms with Crippen molar-refractivity contribution in [3.63, 3.8) is 0 Å². The number of hydrogen-bond acceptors (Lipinski definition) is 7. The molecule has 3 atom stereocenters. The third-order valence-electron chi connectivity index (χ3n) is 6.66. The maximum absolute atomic E-state index is 14.1. The third kappa shape index (κ3) is 8.17.